The molecule has 2 rings (SSSR count). The van der Waals surface area contributed by atoms with Crippen LogP contribution in [0.1, 0.15) is 24.8 Å². The van der Waals surface area contributed by atoms with Crippen LogP contribution in [0.3, 0.4) is 0 Å². The molecular formula is C21H15F13N2O9. The first-order chi connectivity index (χ1) is 20.3. The minimum Gasteiger partial charge on any atom is -0.493 e. The van der Waals surface area contributed by atoms with Crippen molar-refractivity contribution in [2.45, 2.75) is 61.7 Å². The Hall–Kier alpha value is -4.28. The molecule has 0 radical (unpaired) electrons. The van der Waals surface area contributed by atoms with Gasteiger partial charge in [0.15, 0.2) is 11.5 Å². The zero-order chi connectivity index (χ0) is 35.0. The summed E-state index contributed by atoms with van der Waals surface area (Å²) < 4.78 is 186. The van der Waals surface area contributed by atoms with Crippen molar-refractivity contribution in [1.82, 2.24) is 5.06 Å². The van der Waals surface area contributed by atoms with Gasteiger partial charge in [-0.2, -0.15) is 57.1 Å². The van der Waals surface area contributed by atoms with E-state index in [-0.39, 0.29) is 17.9 Å². The van der Waals surface area contributed by atoms with E-state index in [2.05, 4.69) is 14.3 Å². The number of hydroxylamine groups is 2. The van der Waals surface area contributed by atoms with E-state index in [0.717, 1.165) is 7.11 Å². The Morgan fingerprint density at radius 2 is 1.36 bits per heavy atom. The monoisotopic (exact) mass is 686 g/mol. The highest BCUT2D eigenvalue weighted by atomic mass is 19.4. The highest BCUT2D eigenvalue weighted by Gasteiger charge is 2.90. The predicted molar refractivity (Wildman–Crippen MR) is 113 cm³/mol. The minimum atomic E-state index is -8.08. The molecule has 0 unspecified atom stereocenters. The van der Waals surface area contributed by atoms with Gasteiger partial charge in [-0.3, -0.25) is 24.5 Å². The van der Waals surface area contributed by atoms with Crippen LogP contribution < -0.4 is 9.47 Å². The second-order valence-electron chi connectivity index (χ2n) is 8.70. The molecule has 24 heteroatoms. The number of nitro groups is 1. The number of halogens is 13. The number of nitro benzene ring substituents is 1. The van der Waals surface area contributed by atoms with Gasteiger partial charge in [0.1, 0.15) is 6.61 Å². The Labute approximate surface area is 239 Å². The molecule has 0 aliphatic carbocycles. The molecule has 0 atom stereocenters. The Kier molecular flexibility index (Phi) is 10.0. The van der Waals surface area contributed by atoms with Gasteiger partial charge >= 0.3 is 41.9 Å². The fraction of sp³-hybridized carbons (Fsp3) is 0.571. The van der Waals surface area contributed by atoms with E-state index in [1.54, 1.807) is 0 Å². The van der Waals surface area contributed by atoms with Crippen molar-refractivity contribution in [3.63, 3.8) is 0 Å². The largest absolute Gasteiger partial charge is 0.534 e. The molecule has 1 fully saturated rings. The lowest BCUT2D eigenvalue weighted by molar-refractivity contribution is -0.440. The first kappa shape index (κ1) is 36.9. The fourth-order valence-electron chi connectivity index (χ4n) is 3.29. The molecule has 0 aromatic heterocycles. The number of nitrogens with zero attached hydrogens (tertiary/aromatic N) is 2. The third kappa shape index (κ3) is 6.72. The number of hydrogen-bond donors (Lipinski definition) is 0. The zero-order valence-corrected chi connectivity index (χ0v) is 21.7. The van der Waals surface area contributed by atoms with Crippen molar-refractivity contribution < 1.29 is 95.4 Å². The lowest BCUT2D eigenvalue weighted by Crippen LogP contribution is -2.70. The van der Waals surface area contributed by atoms with Crippen LogP contribution in [0.15, 0.2) is 12.1 Å². The molecule has 0 saturated carbocycles. The lowest BCUT2D eigenvalue weighted by atomic mass is 9.93. The van der Waals surface area contributed by atoms with E-state index >= 15 is 0 Å². The van der Waals surface area contributed by atoms with Gasteiger partial charge in [-0.15, -0.1) is 0 Å². The Morgan fingerprint density at radius 1 is 0.844 bits per heavy atom. The van der Waals surface area contributed by atoms with Gasteiger partial charge in [-0.1, -0.05) is 5.06 Å². The fourth-order valence-corrected chi connectivity index (χ4v) is 3.29. The smallest absolute Gasteiger partial charge is 0.493 e. The molecule has 0 bridgehead atoms. The van der Waals surface area contributed by atoms with Crippen molar-refractivity contribution in [2.75, 3.05) is 13.7 Å². The van der Waals surface area contributed by atoms with Crippen LogP contribution in [0.25, 0.3) is 0 Å². The molecule has 1 aliphatic rings. The highest BCUT2D eigenvalue weighted by Crippen LogP contribution is 2.60. The Bertz CT molecular complexity index is 1320. The van der Waals surface area contributed by atoms with Crippen molar-refractivity contribution in [3.05, 3.63) is 27.8 Å². The summed E-state index contributed by atoms with van der Waals surface area (Å²) >= 11 is 0. The number of alkyl halides is 13. The van der Waals surface area contributed by atoms with E-state index in [0.29, 0.717) is 12.1 Å². The summed E-state index contributed by atoms with van der Waals surface area (Å²) in [6.45, 7) is -3.01. The average molecular weight is 686 g/mol. The van der Waals surface area contributed by atoms with E-state index < -0.39 is 101 Å². The van der Waals surface area contributed by atoms with E-state index in [1.165, 1.54) is 0 Å². The topological polar surface area (TPSA) is 135 Å². The molecule has 1 saturated heterocycles. The Balaban J connectivity index is 2.24. The second kappa shape index (κ2) is 12.3. The summed E-state index contributed by atoms with van der Waals surface area (Å²) in [5.74, 6) is -41.5. The minimum absolute atomic E-state index is 0.0481. The number of ether oxygens (including phenoxy) is 3. The van der Waals surface area contributed by atoms with Crippen LogP contribution in [-0.2, 0) is 25.8 Å². The van der Waals surface area contributed by atoms with Crippen LogP contribution in [0.5, 0.6) is 11.5 Å². The van der Waals surface area contributed by atoms with Crippen LogP contribution in [0, 0.1) is 10.1 Å². The Morgan fingerprint density at radius 3 is 1.82 bits per heavy atom. The number of amides is 2. The molecule has 1 aromatic rings. The maximum Gasteiger partial charge on any atom is 0.534 e. The maximum absolute atomic E-state index is 14.0. The van der Waals surface area contributed by atoms with E-state index in [4.69, 9.17) is 4.74 Å². The molecule has 1 aromatic carbocycles. The van der Waals surface area contributed by atoms with E-state index in [9.17, 15) is 81.6 Å². The van der Waals surface area contributed by atoms with Crippen LogP contribution in [0.2, 0.25) is 0 Å². The SMILES string of the molecule is COc1cc(COC(=O)ON2C(=O)CCC2=O)c([N+](=O)[O-])cc1OCCC(F)(F)C(F)(F)C(F)(F)C(F)(F)C(F)(F)C(F)(F)F. The number of carbonyl (C=O) groups is 3. The first-order valence-electron chi connectivity index (χ1n) is 11.4. The molecule has 0 N–H and O–H groups in total. The summed E-state index contributed by atoms with van der Waals surface area (Å²) in [4.78, 5) is 49.2. The van der Waals surface area contributed by atoms with Crippen molar-refractivity contribution in [3.8, 4) is 11.5 Å². The predicted octanol–water partition coefficient (Wildman–Crippen LogP) is 5.83. The summed E-state index contributed by atoms with van der Waals surface area (Å²) in [7, 11) is 0.795. The van der Waals surface area contributed by atoms with Gasteiger partial charge in [0.05, 0.1) is 36.7 Å². The quantitative estimate of drug-likeness (QED) is 0.0827. The summed E-state index contributed by atoms with van der Waals surface area (Å²) in [6.07, 6.45) is -12.6. The standard InChI is InChI=1S/C21H15F13N2O9/c1-42-11-6-9(8-44-15(39)45-35-13(37)2-3-14(35)38)10(36(40)41)7-12(11)43-5-4-16(22,23)17(24,25)18(26,27)19(28,29)20(30,31)21(32,33)34/h6-7H,2-5,8H2,1H3. The first-order valence-corrected chi connectivity index (χ1v) is 11.4. The summed E-state index contributed by atoms with van der Waals surface area (Å²) in [5.41, 5.74) is -1.69. The molecular weight excluding hydrogens is 671 g/mol. The zero-order valence-electron chi connectivity index (χ0n) is 21.7. The molecule has 254 valence electrons. The number of carbonyl (C=O) groups excluding carboxylic acids is 3. The van der Waals surface area contributed by atoms with Gasteiger partial charge in [0.25, 0.3) is 17.5 Å². The van der Waals surface area contributed by atoms with Gasteiger partial charge in [-0.25, -0.2) is 4.79 Å². The van der Waals surface area contributed by atoms with Crippen LogP contribution in [-0.4, -0.2) is 77.5 Å². The normalized spacial score (nSPS) is 15.3. The van der Waals surface area contributed by atoms with Crippen LogP contribution >= 0.6 is 0 Å². The van der Waals surface area contributed by atoms with Crippen LogP contribution in [0.4, 0.5) is 67.6 Å². The summed E-state index contributed by atoms with van der Waals surface area (Å²) in [5, 5.41) is 11.5. The molecule has 45 heavy (non-hydrogen) atoms. The van der Waals surface area contributed by atoms with Crippen molar-refractivity contribution in [2.24, 2.45) is 0 Å². The van der Waals surface area contributed by atoms with Gasteiger partial charge in [0, 0.05) is 12.8 Å². The lowest BCUT2D eigenvalue weighted by Gasteiger charge is -2.39. The molecule has 11 nitrogen and oxygen atoms in total. The van der Waals surface area contributed by atoms with Gasteiger partial charge in [-0.05, 0) is 6.07 Å². The van der Waals surface area contributed by atoms with E-state index in [1.807, 2.05) is 0 Å². The third-order valence-electron chi connectivity index (χ3n) is 5.75. The summed E-state index contributed by atoms with van der Waals surface area (Å²) in [6, 6.07) is 0.937. The number of methoxy groups -OCH3 is 1. The average Bonchev–Trinajstić information content (AvgIpc) is 3.22. The maximum atomic E-state index is 14.0. The van der Waals surface area contributed by atoms with Crippen molar-refractivity contribution in [1.29, 1.82) is 0 Å². The van der Waals surface area contributed by atoms with Gasteiger partial charge < -0.3 is 14.2 Å². The highest BCUT2D eigenvalue weighted by molar-refractivity contribution is 6.01. The number of hydrogen-bond acceptors (Lipinski definition) is 9. The van der Waals surface area contributed by atoms with Gasteiger partial charge in [0.2, 0.25) is 0 Å². The number of imide groups is 1. The number of benzene rings is 1. The van der Waals surface area contributed by atoms with Crippen molar-refractivity contribution >= 4 is 23.7 Å². The molecule has 2 amide bonds. The number of rotatable bonds is 13. The molecule has 1 heterocycles. The molecule has 0 spiro atoms. The third-order valence-corrected chi connectivity index (χ3v) is 5.75. The molecule has 1 aliphatic heterocycles. The second-order valence-corrected chi connectivity index (χ2v) is 8.70.